The number of methoxy groups -OCH3 is 1. The fourth-order valence-electron chi connectivity index (χ4n) is 2.94. The van der Waals surface area contributed by atoms with Gasteiger partial charge in [0.05, 0.1) is 24.2 Å². The Hall–Kier alpha value is -2.19. The lowest BCUT2D eigenvalue weighted by atomic mass is 10.1. The van der Waals surface area contributed by atoms with Crippen molar-refractivity contribution in [2.45, 2.75) is 19.4 Å². The molecule has 1 fully saturated rings. The first-order chi connectivity index (χ1) is 11.5. The number of hydrogen-bond donors (Lipinski definition) is 1. The van der Waals surface area contributed by atoms with Gasteiger partial charge in [-0.25, -0.2) is 0 Å². The van der Waals surface area contributed by atoms with E-state index in [1.165, 1.54) is 25.3 Å². The fourth-order valence-corrected chi connectivity index (χ4v) is 2.94. The second-order valence-electron chi connectivity index (χ2n) is 5.71. The molecule has 1 heterocycles. The molecule has 8 nitrogen and oxygen atoms in total. The van der Waals surface area contributed by atoms with E-state index in [0.717, 1.165) is 6.42 Å². The number of nitrogens with zero attached hydrogens (tertiary/aromatic N) is 3. The average Bonchev–Trinajstić information content (AvgIpc) is 2.62. The number of benzene rings is 1. The highest BCUT2D eigenvalue weighted by Crippen LogP contribution is 2.26. The van der Waals surface area contributed by atoms with Crippen LogP contribution in [0.25, 0.3) is 0 Å². The van der Waals surface area contributed by atoms with Crippen molar-refractivity contribution in [2.24, 2.45) is 0 Å². The van der Waals surface area contributed by atoms with E-state index in [9.17, 15) is 20.0 Å². The topological polar surface area (TPSA) is 96.2 Å². The van der Waals surface area contributed by atoms with Crippen LogP contribution in [0.4, 0.5) is 5.69 Å². The highest BCUT2D eigenvalue weighted by molar-refractivity contribution is 5.97. The number of nitro benzene ring substituents is 1. The third-order valence-electron chi connectivity index (χ3n) is 4.42. The van der Waals surface area contributed by atoms with Crippen LogP contribution in [0.15, 0.2) is 18.2 Å². The van der Waals surface area contributed by atoms with Crippen LogP contribution >= 0.6 is 0 Å². The second kappa shape index (κ2) is 8.07. The number of piperazine rings is 1. The van der Waals surface area contributed by atoms with E-state index in [0.29, 0.717) is 31.9 Å². The van der Waals surface area contributed by atoms with Crippen LogP contribution in [-0.4, -0.2) is 71.7 Å². The van der Waals surface area contributed by atoms with Gasteiger partial charge in [-0.05, 0) is 12.5 Å². The van der Waals surface area contributed by atoms with E-state index < -0.39 is 4.92 Å². The van der Waals surface area contributed by atoms with E-state index in [1.54, 1.807) is 4.90 Å². The van der Waals surface area contributed by atoms with Gasteiger partial charge >= 0.3 is 0 Å². The maximum atomic E-state index is 12.7. The van der Waals surface area contributed by atoms with Crippen molar-refractivity contribution in [3.05, 3.63) is 33.9 Å². The number of aliphatic hydroxyl groups is 1. The van der Waals surface area contributed by atoms with Crippen LogP contribution in [0.3, 0.4) is 0 Å². The van der Waals surface area contributed by atoms with Gasteiger partial charge < -0.3 is 14.7 Å². The maximum absolute atomic E-state index is 12.7. The Morgan fingerprint density at radius 3 is 2.54 bits per heavy atom. The molecule has 8 heteroatoms. The number of nitro groups is 1. The highest BCUT2D eigenvalue weighted by atomic mass is 16.6. The van der Waals surface area contributed by atoms with Crippen molar-refractivity contribution < 1.29 is 19.6 Å². The summed E-state index contributed by atoms with van der Waals surface area (Å²) in [6, 6.07) is 4.13. The minimum atomic E-state index is -0.527. The highest BCUT2D eigenvalue weighted by Gasteiger charge is 2.28. The predicted octanol–water partition coefficient (Wildman–Crippen LogP) is 1.13. The third kappa shape index (κ3) is 3.82. The lowest BCUT2D eigenvalue weighted by Gasteiger charge is -2.38. The van der Waals surface area contributed by atoms with Crippen LogP contribution in [0.2, 0.25) is 0 Å². The number of non-ortho nitro benzene ring substituents is 1. The van der Waals surface area contributed by atoms with Crippen molar-refractivity contribution in [2.75, 3.05) is 39.9 Å². The smallest absolute Gasteiger partial charge is 0.270 e. The van der Waals surface area contributed by atoms with E-state index in [2.05, 4.69) is 4.90 Å². The number of carbonyl (C=O) groups excluding carboxylic acids is 1. The summed E-state index contributed by atoms with van der Waals surface area (Å²) in [5, 5.41) is 20.3. The number of hydrogen-bond acceptors (Lipinski definition) is 6. The summed E-state index contributed by atoms with van der Waals surface area (Å²) >= 11 is 0. The molecule has 1 saturated heterocycles. The first-order valence-corrected chi connectivity index (χ1v) is 7.98. The van der Waals surface area contributed by atoms with Crippen LogP contribution in [0.1, 0.15) is 23.7 Å². The van der Waals surface area contributed by atoms with Crippen molar-refractivity contribution >= 4 is 11.6 Å². The fraction of sp³-hybridized carbons (Fsp3) is 0.562. The SMILES string of the molecule is CCC(CO)N1CCN(C(=O)c2cc([N+](=O)[O-])ccc2OC)CC1. The minimum Gasteiger partial charge on any atom is -0.496 e. The summed E-state index contributed by atoms with van der Waals surface area (Å²) in [5.74, 6) is 0.0575. The number of ether oxygens (including phenoxy) is 1. The molecule has 0 radical (unpaired) electrons. The summed E-state index contributed by atoms with van der Waals surface area (Å²) in [4.78, 5) is 27.0. The molecular formula is C16H23N3O5. The van der Waals surface area contributed by atoms with Crippen molar-refractivity contribution in [1.29, 1.82) is 0 Å². The zero-order chi connectivity index (χ0) is 17.7. The zero-order valence-electron chi connectivity index (χ0n) is 14.0. The first kappa shape index (κ1) is 18.2. The lowest BCUT2D eigenvalue weighted by Crippen LogP contribution is -2.52. The maximum Gasteiger partial charge on any atom is 0.270 e. The van der Waals surface area contributed by atoms with Gasteiger partial charge in [0.25, 0.3) is 11.6 Å². The standard InChI is InChI=1S/C16H23N3O5/c1-3-12(11-20)17-6-8-18(9-7-17)16(21)14-10-13(19(22)23)4-5-15(14)24-2/h4-5,10,12,20H,3,6-9,11H2,1-2H3. The van der Waals surface area contributed by atoms with Gasteiger partial charge in [-0.2, -0.15) is 0 Å². The predicted molar refractivity (Wildman–Crippen MR) is 88.3 cm³/mol. The molecule has 0 bridgehead atoms. The van der Waals surface area contributed by atoms with Gasteiger partial charge in [0, 0.05) is 44.4 Å². The molecule has 1 aliphatic heterocycles. The Morgan fingerprint density at radius 2 is 2.04 bits per heavy atom. The molecule has 0 saturated carbocycles. The van der Waals surface area contributed by atoms with Crippen molar-refractivity contribution in [3.8, 4) is 5.75 Å². The van der Waals surface area contributed by atoms with Gasteiger partial charge in [0.2, 0.25) is 0 Å². The van der Waals surface area contributed by atoms with E-state index in [-0.39, 0.29) is 29.8 Å². The van der Waals surface area contributed by atoms with Crippen LogP contribution in [0, 0.1) is 10.1 Å². The van der Waals surface area contributed by atoms with E-state index >= 15 is 0 Å². The molecule has 1 N–H and O–H groups in total. The molecule has 0 aromatic heterocycles. The van der Waals surface area contributed by atoms with Gasteiger partial charge in [-0.1, -0.05) is 6.92 Å². The third-order valence-corrected chi connectivity index (χ3v) is 4.42. The number of amides is 1. The molecule has 1 aromatic carbocycles. The Bertz CT molecular complexity index is 595. The van der Waals surface area contributed by atoms with Gasteiger partial charge in [0.1, 0.15) is 5.75 Å². The van der Waals surface area contributed by atoms with E-state index in [1.807, 2.05) is 6.92 Å². The normalized spacial score (nSPS) is 16.7. The quantitative estimate of drug-likeness (QED) is 0.617. The second-order valence-corrected chi connectivity index (χ2v) is 5.71. The largest absolute Gasteiger partial charge is 0.496 e. The summed E-state index contributed by atoms with van der Waals surface area (Å²) in [6.07, 6.45) is 0.850. The van der Waals surface area contributed by atoms with Crippen LogP contribution in [-0.2, 0) is 0 Å². The molecule has 0 spiro atoms. The Balaban J connectivity index is 2.13. The number of carbonyl (C=O) groups is 1. The van der Waals surface area contributed by atoms with Gasteiger partial charge in [0.15, 0.2) is 0 Å². The summed E-state index contributed by atoms with van der Waals surface area (Å²) in [5.41, 5.74) is 0.0680. The zero-order valence-corrected chi connectivity index (χ0v) is 14.0. The molecule has 1 unspecified atom stereocenters. The summed E-state index contributed by atoms with van der Waals surface area (Å²) in [7, 11) is 1.43. The molecule has 0 aliphatic carbocycles. The Labute approximate surface area is 140 Å². The molecule has 1 aliphatic rings. The lowest BCUT2D eigenvalue weighted by molar-refractivity contribution is -0.384. The number of rotatable bonds is 6. The van der Waals surface area contributed by atoms with Crippen LogP contribution < -0.4 is 4.74 Å². The van der Waals surface area contributed by atoms with E-state index in [4.69, 9.17) is 4.74 Å². The minimum absolute atomic E-state index is 0.100. The molecule has 2 rings (SSSR count). The molecule has 1 amide bonds. The number of aliphatic hydroxyl groups excluding tert-OH is 1. The summed E-state index contributed by atoms with van der Waals surface area (Å²) < 4.78 is 5.17. The van der Waals surface area contributed by atoms with Gasteiger partial charge in [-0.3, -0.25) is 19.8 Å². The monoisotopic (exact) mass is 337 g/mol. The molecule has 132 valence electrons. The van der Waals surface area contributed by atoms with Gasteiger partial charge in [-0.15, -0.1) is 0 Å². The molecular weight excluding hydrogens is 314 g/mol. The average molecular weight is 337 g/mol. The van der Waals surface area contributed by atoms with Crippen LogP contribution in [0.5, 0.6) is 5.75 Å². The summed E-state index contributed by atoms with van der Waals surface area (Å²) in [6.45, 7) is 4.49. The molecule has 1 aromatic rings. The van der Waals surface area contributed by atoms with Crippen molar-refractivity contribution in [1.82, 2.24) is 9.80 Å². The van der Waals surface area contributed by atoms with Crippen molar-refractivity contribution in [3.63, 3.8) is 0 Å². The Morgan fingerprint density at radius 1 is 1.38 bits per heavy atom. The molecule has 1 atom stereocenters. The molecule has 24 heavy (non-hydrogen) atoms. The first-order valence-electron chi connectivity index (χ1n) is 7.98. The Kier molecular flexibility index (Phi) is 6.10.